The van der Waals surface area contributed by atoms with E-state index in [2.05, 4.69) is 0 Å². The zero-order valence-electron chi connectivity index (χ0n) is 53.4. The Morgan fingerprint density at radius 2 is 0.745 bits per heavy atom. The van der Waals surface area contributed by atoms with Gasteiger partial charge in [0.05, 0.1) is 41.1 Å². The third-order valence-electron chi connectivity index (χ3n) is 7.19. The van der Waals surface area contributed by atoms with Crippen molar-refractivity contribution in [2.75, 3.05) is 0 Å². The van der Waals surface area contributed by atoms with Crippen LogP contribution in [0.15, 0.2) is 186 Å². The molecule has 8 aromatic carbocycles. The van der Waals surface area contributed by atoms with E-state index in [1.807, 2.05) is 0 Å². The van der Waals surface area contributed by atoms with Crippen LogP contribution in [0.4, 0.5) is 0 Å². The predicted molar refractivity (Wildman–Crippen MR) is 198 cm³/mol. The van der Waals surface area contributed by atoms with Crippen LogP contribution >= 0.6 is 0 Å². The highest BCUT2D eigenvalue weighted by atomic mass is 16.3. The molecule has 1 aromatic heterocycles. The maximum Gasteiger partial charge on any atom is 0.143 e. The highest BCUT2D eigenvalue weighted by Crippen LogP contribution is 2.50. The van der Waals surface area contributed by atoms with Gasteiger partial charge < -0.3 is 4.42 Å². The molecule has 1 nitrogen and oxygen atoms in total. The Balaban J connectivity index is 1.70. The molecule has 1 heterocycles. The molecule has 0 spiro atoms. The molecule has 0 atom stereocenters. The minimum Gasteiger partial charge on any atom is -0.455 e. The summed E-state index contributed by atoms with van der Waals surface area (Å²) in [6, 6.07) is -30.9. The third-order valence-corrected chi connectivity index (χ3v) is 7.19. The Kier molecular flexibility index (Phi) is 2.51. The van der Waals surface area contributed by atoms with Gasteiger partial charge in [-0.05, 0) is 73.1 Å². The average molecular weight is 629 g/mol. The normalized spacial score (nSPS) is 20.3. The van der Waals surface area contributed by atoms with Gasteiger partial charge >= 0.3 is 0 Å². The van der Waals surface area contributed by atoms with Crippen LogP contribution in [-0.2, 0) is 0 Å². The molecule has 47 heavy (non-hydrogen) atoms. The summed E-state index contributed by atoms with van der Waals surface area (Å²) in [5.74, 6) is -1.03. The summed E-state index contributed by atoms with van der Waals surface area (Å²) >= 11 is 0. The van der Waals surface area contributed by atoms with Gasteiger partial charge in [-0.1, -0.05) is 163 Å². The number of furan rings is 1. The number of rotatable bonds is 5. The number of hydrogen-bond acceptors (Lipinski definition) is 1. The third kappa shape index (κ3) is 4.64. The quantitative estimate of drug-likeness (QED) is 0.173. The van der Waals surface area contributed by atoms with Crippen LogP contribution in [0.2, 0.25) is 0 Å². The van der Waals surface area contributed by atoms with E-state index >= 15 is 0 Å². The van der Waals surface area contributed by atoms with Gasteiger partial charge in [0.15, 0.2) is 0 Å². The van der Waals surface area contributed by atoms with Crippen molar-refractivity contribution in [1.29, 1.82) is 0 Å². The first-order valence-corrected chi connectivity index (χ1v) is 13.7. The van der Waals surface area contributed by atoms with Crippen LogP contribution in [0.25, 0.3) is 88.3 Å². The molecule has 0 bridgehead atoms. The first-order valence-electron chi connectivity index (χ1n) is 28.7. The van der Waals surface area contributed by atoms with E-state index in [1.165, 1.54) is 0 Å². The summed E-state index contributed by atoms with van der Waals surface area (Å²) in [6.45, 7) is 0. The van der Waals surface area contributed by atoms with Crippen molar-refractivity contribution in [3.05, 3.63) is 181 Å². The van der Waals surface area contributed by atoms with Crippen molar-refractivity contribution < 1.29 is 45.5 Å². The molecule has 0 unspecified atom stereocenters. The summed E-state index contributed by atoms with van der Waals surface area (Å²) in [5, 5.41) is -4.18. The van der Waals surface area contributed by atoms with E-state index in [-0.39, 0.29) is 0 Å². The fourth-order valence-corrected chi connectivity index (χ4v) is 5.29. The van der Waals surface area contributed by atoms with Crippen LogP contribution in [0.5, 0.6) is 0 Å². The van der Waals surface area contributed by atoms with Gasteiger partial charge in [0.1, 0.15) is 11.3 Å². The smallest absolute Gasteiger partial charge is 0.143 e. The lowest BCUT2D eigenvalue weighted by molar-refractivity contribution is 0.632. The van der Waals surface area contributed by atoms with Crippen molar-refractivity contribution >= 4 is 32.5 Å². The fourth-order valence-electron chi connectivity index (χ4n) is 5.29. The van der Waals surface area contributed by atoms with Crippen molar-refractivity contribution in [2.24, 2.45) is 0 Å². The van der Waals surface area contributed by atoms with Crippen molar-refractivity contribution in [3.8, 4) is 55.8 Å². The Morgan fingerprint density at radius 1 is 0.298 bits per heavy atom. The topological polar surface area (TPSA) is 13.1 Å². The highest BCUT2D eigenvalue weighted by molar-refractivity contribution is 6.25. The number of hydrogen-bond donors (Lipinski definition) is 0. The molecule has 1 heteroatoms. The molecular formula is C46H30O. The number of benzene rings is 8. The molecule has 0 N–H and O–H groups in total. The largest absolute Gasteiger partial charge is 0.455 e. The average Bonchev–Trinajstić information content (AvgIpc) is 4.01. The van der Waals surface area contributed by atoms with Gasteiger partial charge in [-0.15, -0.1) is 0 Å². The zero-order chi connectivity index (χ0) is 57.3. The SMILES string of the molecule is [2H]c1c([2H])c([2H])c(-c2c([2H])c([2H])c([2H])c(-c3oc4c([2H])c([2H])c(-c5c([2H])c([2H])c([2H])c([2H])c5[2H])c([2H])c4c3-c3c4c([2H])c([2H])c([2H])c([2H])c4c(-c4c([2H])c([2H])c([2H])c([2H])c4[2H])c4c([2H])c([2H])c([2H])c([2H])c34)c2[2H])c([2H])c1[2H]. The van der Waals surface area contributed by atoms with Crippen LogP contribution in [0, 0.1) is 0 Å². The maximum atomic E-state index is 9.93. The van der Waals surface area contributed by atoms with E-state index in [0.717, 1.165) is 0 Å². The van der Waals surface area contributed by atoms with E-state index in [1.54, 1.807) is 0 Å². The van der Waals surface area contributed by atoms with Gasteiger partial charge in [-0.3, -0.25) is 0 Å². The van der Waals surface area contributed by atoms with Gasteiger partial charge in [-0.2, -0.15) is 0 Å². The molecule has 220 valence electrons. The molecular weight excluding hydrogens is 569 g/mol. The van der Waals surface area contributed by atoms with Crippen LogP contribution < -0.4 is 0 Å². The molecule has 0 radical (unpaired) electrons. The first-order chi connectivity index (χ1) is 35.8. The van der Waals surface area contributed by atoms with Gasteiger partial charge in [0.2, 0.25) is 0 Å². The second-order valence-corrected chi connectivity index (χ2v) is 9.76. The van der Waals surface area contributed by atoms with Crippen LogP contribution in [0.3, 0.4) is 0 Å². The Labute approximate surface area is 316 Å². The minimum atomic E-state index is -1.14. The maximum absolute atomic E-state index is 9.93. The molecule has 9 rings (SSSR count). The van der Waals surface area contributed by atoms with Crippen molar-refractivity contribution in [2.45, 2.75) is 0 Å². The summed E-state index contributed by atoms with van der Waals surface area (Å²) < 4.78 is 275. The summed E-state index contributed by atoms with van der Waals surface area (Å²) in [6.07, 6.45) is 0. The number of fused-ring (bicyclic) bond motifs is 3. The van der Waals surface area contributed by atoms with Gasteiger partial charge in [-0.25, -0.2) is 0 Å². The second-order valence-electron chi connectivity index (χ2n) is 9.76. The van der Waals surface area contributed by atoms with Crippen LogP contribution in [-0.4, -0.2) is 0 Å². The van der Waals surface area contributed by atoms with Gasteiger partial charge in [0, 0.05) is 22.1 Å². The van der Waals surface area contributed by atoms with E-state index in [4.69, 9.17) is 33.2 Å². The standard InChI is InChI=1S/C46H30O/c1-4-15-31(16-5-1)34-21-14-22-36(29-34)46-45(41-30-35(27-28-42(41)47-46)32-17-6-2-7-18-32)44-39-25-12-10-23-37(39)43(33-19-8-3-9-20-33)38-24-11-13-26-40(38)44/h1-30H/i1D,2D,3D,4D,5D,6D,7D,8D,9D,10D,11D,12D,13D,14D,15D,16D,17D,18D,19D,20D,21D,22D,23D,24D,25D,26D,27D,28D,29D,30D. The molecule has 0 aliphatic carbocycles. The first kappa shape index (κ1) is 10.4. The minimum absolute atomic E-state index is 0.775. The van der Waals surface area contributed by atoms with Gasteiger partial charge in [0.25, 0.3) is 0 Å². The fraction of sp³-hybridized carbons (Fsp3) is 0. The lowest BCUT2D eigenvalue weighted by atomic mass is 9.84. The second kappa shape index (κ2) is 11.3. The van der Waals surface area contributed by atoms with E-state index in [0.29, 0.717) is 0 Å². The molecule has 0 aliphatic heterocycles. The Hall–Kier alpha value is -6.18. The van der Waals surface area contributed by atoms with E-state index in [9.17, 15) is 12.3 Å². The molecule has 0 amide bonds. The Morgan fingerprint density at radius 3 is 1.32 bits per heavy atom. The van der Waals surface area contributed by atoms with Crippen molar-refractivity contribution in [3.63, 3.8) is 0 Å². The molecule has 0 saturated carbocycles. The summed E-state index contributed by atoms with van der Waals surface area (Å²) in [4.78, 5) is 0. The predicted octanol–water partition coefficient (Wildman–Crippen LogP) is 13.1. The lowest BCUT2D eigenvalue weighted by Gasteiger charge is -2.18. The van der Waals surface area contributed by atoms with Crippen molar-refractivity contribution in [1.82, 2.24) is 0 Å². The zero-order valence-corrected chi connectivity index (χ0v) is 23.4. The molecule has 0 fully saturated rings. The Bertz CT molecular complexity index is 4100. The summed E-state index contributed by atoms with van der Waals surface area (Å²) in [5.41, 5.74) is -8.76. The van der Waals surface area contributed by atoms with Crippen LogP contribution in [0.1, 0.15) is 41.1 Å². The summed E-state index contributed by atoms with van der Waals surface area (Å²) in [7, 11) is 0. The highest BCUT2D eigenvalue weighted by Gasteiger charge is 2.24. The molecule has 0 saturated heterocycles. The molecule has 9 aromatic rings. The van der Waals surface area contributed by atoms with E-state index < -0.39 is 270 Å². The molecule has 0 aliphatic rings. The lowest BCUT2D eigenvalue weighted by Crippen LogP contribution is -1.91. The monoisotopic (exact) mass is 628 g/mol.